The zero-order chi connectivity index (χ0) is 13.7. The van der Waals surface area contributed by atoms with Crippen molar-refractivity contribution in [1.82, 2.24) is 10.3 Å². The fourth-order valence-corrected chi connectivity index (χ4v) is 2.74. The van der Waals surface area contributed by atoms with Gasteiger partial charge in [0, 0.05) is 29.8 Å². The Morgan fingerprint density at radius 3 is 3.00 bits per heavy atom. The topological polar surface area (TPSA) is 28.2 Å². The van der Waals surface area contributed by atoms with E-state index in [2.05, 4.69) is 51.0 Å². The Labute approximate surface area is 124 Å². The summed E-state index contributed by atoms with van der Waals surface area (Å²) in [6, 6.07) is 2.82. The molecule has 19 heavy (non-hydrogen) atoms. The summed E-state index contributed by atoms with van der Waals surface area (Å²) in [5, 5.41) is 3.58. The highest BCUT2D eigenvalue weighted by Gasteiger charge is 2.18. The minimum absolute atomic E-state index is 0.627. The van der Waals surface area contributed by atoms with Crippen LogP contribution in [0, 0.1) is 6.92 Å². The number of aromatic nitrogens is 1. The summed E-state index contributed by atoms with van der Waals surface area (Å²) >= 11 is 3.53. The van der Waals surface area contributed by atoms with Crippen LogP contribution in [0.15, 0.2) is 16.7 Å². The zero-order valence-electron chi connectivity index (χ0n) is 12.0. The predicted molar refractivity (Wildman–Crippen MR) is 84.8 cm³/mol. The molecule has 0 bridgehead atoms. The molecule has 0 aliphatic carbocycles. The van der Waals surface area contributed by atoms with Crippen molar-refractivity contribution in [3.8, 4) is 0 Å². The van der Waals surface area contributed by atoms with Gasteiger partial charge in [-0.2, -0.15) is 0 Å². The van der Waals surface area contributed by atoms with E-state index in [-0.39, 0.29) is 0 Å². The highest BCUT2D eigenvalue weighted by molar-refractivity contribution is 9.10. The van der Waals surface area contributed by atoms with Crippen LogP contribution in [0.4, 0.5) is 5.82 Å². The van der Waals surface area contributed by atoms with E-state index in [0.717, 1.165) is 23.4 Å². The van der Waals surface area contributed by atoms with Crippen molar-refractivity contribution in [3.63, 3.8) is 0 Å². The Balaban J connectivity index is 2.08. The summed E-state index contributed by atoms with van der Waals surface area (Å²) in [6.07, 6.45) is 6.97. The maximum Gasteiger partial charge on any atom is 0.128 e. The Hall–Kier alpha value is -0.610. The highest BCUT2D eigenvalue weighted by Crippen LogP contribution is 2.21. The number of rotatable bonds is 6. The molecule has 2 heterocycles. The van der Waals surface area contributed by atoms with Crippen molar-refractivity contribution in [3.05, 3.63) is 22.3 Å². The largest absolute Gasteiger partial charge is 0.355 e. The monoisotopic (exact) mass is 325 g/mol. The van der Waals surface area contributed by atoms with Crippen LogP contribution in [0.3, 0.4) is 0 Å². The fourth-order valence-electron chi connectivity index (χ4n) is 2.52. The average Bonchev–Trinajstić information content (AvgIpc) is 2.91. The van der Waals surface area contributed by atoms with E-state index >= 15 is 0 Å². The SMILES string of the molecule is CCCCN(CC1CCCN1)c1cc(C)c(Br)cn1. The number of hydrogen-bond acceptors (Lipinski definition) is 3. The number of pyridine rings is 1. The molecule has 3 nitrogen and oxygen atoms in total. The van der Waals surface area contributed by atoms with Crippen molar-refractivity contribution < 1.29 is 0 Å². The van der Waals surface area contributed by atoms with Crippen LogP contribution < -0.4 is 10.2 Å². The molecule has 0 amide bonds. The van der Waals surface area contributed by atoms with Crippen molar-refractivity contribution in [2.24, 2.45) is 0 Å². The maximum absolute atomic E-state index is 4.59. The van der Waals surface area contributed by atoms with E-state index in [4.69, 9.17) is 0 Å². The molecule has 2 rings (SSSR count). The molecule has 1 saturated heterocycles. The van der Waals surface area contributed by atoms with E-state index in [1.54, 1.807) is 0 Å². The van der Waals surface area contributed by atoms with Crippen molar-refractivity contribution in [2.75, 3.05) is 24.5 Å². The number of aryl methyl sites for hydroxylation is 1. The number of anilines is 1. The molecule has 1 atom stereocenters. The molecule has 0 spiro atoms. The van der Waals surface area contributed by atoms with Crippen LogP contribution in [0.25, 0.3) is 0 Å². The Morgan fingerprint density at radius 2 is 2.37 bits per heavy atom. The third-order valence-electron chi connectivity index (χ3n) is 3.74. The summed E-state index contributed by atoms with van der Waals surface area (Å²) in [6.45, 7) is 7.71. The lowest BCUT2D eigenvalue weighted by Gasteiger charge is -2.27. The molecule has 0 radical (unpaired) electrons. The molecule has 4 heteroatoms. The average molecular weight is 326 g/mol. The van der Waals surface area contributed by atoms with Gasteiger partial charge in [0.1, 0.15) is 5.82 Å². The van der Waals surface area contributed by atoms with Crippen LogP contribution >= 0.6 is 15.9 Å². The first-order valence-electron chi connectivity index (χ1n) is 7.31. The molecule has 0 saturated carbocycles. The third-order valence-corrected chi connectivity index (χ3v) is 4.57. The van der Waals surface area contributed by atoms with Crippen LogP contribution in [0.5, 0.6) is 0 Å². The summed E-state index contributed by atoms with van der Waals surface area (Å²) < 4.78 is 1.09. The lowest BCUT2D eigenvalue weighted by molar-refractivity contribution is 0.569. The molecular formula is C15H24BrN3. The molecule has 1 aromatic rings. The van der Waals surface area contributed by atoms with Gasteiger partial charge in [0.2, 0.25) is 0 Å². The van der Waals surface area contributed by atoms with Gasteiger partial charge in [-0.3, -0.25) is 0 Å². The molecule has 1 fully saturated rings. The van der Waals surface area contributed by atoms with Crippen LogP contribution in [0.1, 0.15) is 38.2 Å². The van der Waals surface area contributed by atoms with E-state index in [9.17, 15) is 0 Å². The van der Waals surface area contributed by atoms with Gasteiger partial charge >= 0.3 is 0 Å². The number of nitrogens with zero attached hydrogens (tertiary/aromatic N) is 2. The highest BCUT2D eigenvalue weighted by atomic mass is 79.9. The molecule has 106 valence electrons. The molecule has 1 aliphatic heterocycles. The second kappa shape index (κ2) is 7.25. The lowest BCUT2D eigenvalue weighted by Crippen LogP contribution is -2.38. The Kier molecular flexibility index (Phi) is 5.64. The number of unbranched alkanes of at least 4 members (excludes halogenated alkanes) is 1. The minimum Gasteiger partial charge on any atom is -0.355 e. The first-order valence-corrected chi connectivity index (χ1v) is 8.10. The van der Waals surface area contributed by atoms with Crippen LogP contribution in [-0.4, -0.2) is 30.7 Å². The van der Waals surface area contributed by atoms with Gasteiger partial charge < -0.3 is 10.2 Å². The van der Waals surface area contributed by atoms with Gasteiger partial charge in [-0.25, -0.2) is 4.98 Å². The van der Waals surface area contributed by atoms with Crippen molar-refractivity contribution >= 4 is 21.7 Å². The van der Waals surface area contributed by atoms with Crippen molar-refractivity contribution in [2.45, 2.75) is 45.6 Å². The van der Waals surface area contributed by atoms with E-state index in [0.29, 0.717) is 6.04 Å². The van der Waals surface area contributed by atoms with Crippen LogP contribution in [0.2, 0.25) is 0 Å². The first kappa shape index (κ1) is 14.8. The second-order valence-corrected chi connectivity index (χ2v) is 6.24. The minimum atomic E-state index is 0.627. The van der Waals surface area contributed by atoms with E-state index in [1.165, 1.54) is 37.8 Å². The molecule has 1 N–H and O–H groups in total. The molecular weight excluding hydrogens is 302 g/mol. The number of halogens is 1. The lowest BCUT2D eigenvalue weighted by atomic mass is 10.2. The van der Waals surface area contributed by atoms with Gasteiger partial charge in [0.25, 0.3) is 0 Å². The molecule has 1 unspecified atom stereocenters. The zero-order valence-corrected chi connectivity index (χ0v) is 13.5. The summed E-state index contributed by atoms with van der Waals surface area (Å²) in [5.41, 5.74) is 1.26. The van der Waals surface area contributed by atoms with E-state index < -0.39 is 0 Å². The summed E-state index contributed by atoms with van der Waals surface area (Å²) in [5.74, 6) is 1.11. The molecule has 0 aromatic carbocycles. The predicted octanol–water partition coefficient (Wildman–Crippen LogP) is 3.51. The van der Waals surface area contributed by atoms with Crippen molar-refractivity contribution in [1.29, 1.82) is 0 Å². The summed E-state index contributed by atoms with van der Waals surface area (Å²) in [4.78, 5) is 7.02. The Morgan fingerprint density at radius 1 is 1.53 bits per heavy atom. The van der Waals surface area contributed by atoms with Gasteiger partial charge in [-0.15, -0.1) is 0 Å². The third kappa shape index (κ3) is 4.18. The number of nitrogens with one attached hydrogen (secondary N) is 1. The normalized spacial score (nSPS) is 18.8. The quantitative estimate of drug-likeness (QED) is 0.867. The summed E-state index contributed by atoms with van der Waals surface area (Å²) in [7, 11) is 0. The standard InChI is InChI=1S/C15H24BrN3/c1-3-4-8-19(11-13-6-5-7-17-13)15-9-12(2)14(16)10-18-15/h9-10,13,17H,3-8,11H2,1-2H3. The Bertz CT molecular complexity index is 402. The number of hydrogen-bond donors (Lipinski definition) is 1. The molecule has 1 aromatic heterocycles. The van der Waals surface area contributed by atoms with Gasteiger partial charge in [-0.1, -0.05) is 13.3 Å². The second-order valence-electron chi connectivity index (χ2n) is 5.38. The van der Waals surface area contributed by atoms with E-state index in [1.807, 2.05) is 6.20 Å². The van der Waals surface area contributed by atoms with Gasteiger partial charge in [0.15, 0.2) is 0 Å². The van der Waals surface area contributed by atoms with Gasteiger partial charge in [-0.05, 0) is 60.3 Å². The van der Waals surface area contributed by atoms with Crippen LogP contribution in [-0.2, 0) is 0 Å². The maximum atomic E-state index is 4.59. The molecule has 1 aliphatic rings. The smallest absolute Gasteiger partial charge is 0.128 e. The fraction of sp³-hybridized carbons (Fsp3) is 0.667. The van der Waals surface area contributed by atoms with Gasteiger partial charge in [0.05, 0.1) is 0 Å². The first-order chi connectivity index (χ1) is 9.20.